The monoisotopic (exact) mass is 366 g/mol. The first-order valence-corrected chi connectivity index (χ1v) is 8.35. The largest absolute Gasteiger partial charge is 0.338 e. The van der Waals surface area contributed by atoms with Gasteiger partial charge in [0.15, 0.2) is 5.82 Å². The Morgan fingerprint density at radius 3 is 2.60 bits per heavy atom. The molecule has 0 aliphatic heterocycles. The average molecular weight is 367 g/mol. The van der Waals surface area contributed by atoms with Crippen LogP contribution in [-0.4, -0.2) is 15.0 Å². The van der Waals surface area contributed by atoms with Crippen molar-refractivity contribution in [2.45, 2.75) is 0 Å². The van der Waals surface area contributed by atoms with Crippen LogP contribution in [0, 0.1) is 0 Å². The first kappa shape index (κ1) is 15.8. The van der Waals surface area contributed by atoms with Crippen LogP contribution in [0.3, 0.4) is 0 Å². The molecule has 0 aliphatic rings. The van der Waals surface area contributed by atoms with Crippen LogP contribution >= 0.6 is 23.2 Å². The Kier molecular flexibility index (Phi) is 4.22. The molecular weight excluding hydrogens is 355 g/mol. The van der Waals surface area contributed by atoms with Crippen LogP contribution in [0.15, 0.2) is 67.0 Å². The van der Waals surface area contributed by atoms with E-state index in [1.165, 1.54) is 0 Å². The van der Waals surface area contributed by atoms with E-state index < -0.39 is 0 Å². The number of anilines is 2. The summed E-state index contributed by atoms with van der Waals surface area (Å²) in [4.78, 5) is 13.5. The van der Waals surface area contributed by atoms with E-state index in [4.69, 9.17) is 23.2 Å². The van der Waals surface area contributed by atoms with Crippen LogP contribution in [0.5, 0.6) is 0 Å². The van der Waals surface area contributed by atoms with Gasteiger partial charge in [0.05, 0.1) is 16.2 Å². The van der Waals surface area contributed by atoms with Crippen LogP contribution in [0.2, 0.25) is 10.0 Å². The minimum absolute atomic E-state index is 0.565. The van der Waals surface area contributed by atoms with Gasteiger partial charge in [-0.05, 0) is 42.5 Å². The molecule has 4 rings (SSSR count). The van der Waals surface area contributed by atoms with Gasteiger partial charge in [-0.25, -0.2) is 9.97 Å². The Morgan fingerprint density at radius 1 is 0.880 bits per heavy atom. The van der Waals surface area contributed by atoms with E-state index in [2.05, 4.69) is 20.3 Å². The quantitative estimate of drug-likeness (QED) is 0.502. The highest BCUT2D eigenvalue weighted by Gasteiger charge is 2.11. The zero-order valence-electron chi connectivity index (χ0n) is 12.9. The minimum atomic E-state index is 0.565. The molecule has 6 heteroatoms. The molecule has 2 aromatic carbocycles. The molecule has 2 heterocycles. The molecule has 1 N–H and O–H groups in total. The molecule has 4 aromatic rings. The number of benzene rings is 2. The lowest BCUT2D eigenvalue weighted by Gasteiger charge is -2.12. The van der Waals surface area contributed by atoms with Gasteiger partial charge in [0, 0.05) is 28.4 Å². The number of aromatic nitrogens is 3. The van der Waals surface area contributed by atoms with Crippen molar-refractivity contribution >= 4 is 45.6 Å². The van der Waals surface area contributed by atoms with Crippen molar-refractivity contribution in [3.8, 4) is 11.4 Å². The first-order valence-electron chi connectivity index (χ1n) is 7.60. The van der Waals surface area contributed by atoms with Gasteiger partial charge in [0.2, 0.25) is 0 Å². The van der Waals surface area contributed by atoms with Crippen LogP contribution in [0.4, 0.5) is 11.5 Å². The maximum atomic E-state index is 6.28. The molecule has 0 spiro atoms. The lowest BCUT2D eigenvalue weighted by molar-refractivity contribution is 1.20. The Hall–Kier alpha value is -2.69. The summed E-state index contributed by atoms with van der Waals surface area (Å²) in [7, 11) is 0. The molecule has 0 radical (unpaired) electrons. The summed E-state index contributed by atoms with van der Waals surface area (Å²) in [6.07, 6.45) is 3.45. The molecule has 2 aromatic heterocycles. The third-order valence-corrected chi connectivity index (χ3v) is 4.27. The summed E-state index contributed by atoms with van der Waals surface area (Å²) in [6, 6.07) is 16.8. The third kappa shape index (κ3) is 3.27. The molecule has 0 atom stereocenters. The molecule has 0 saturated heterocycles. The molecule has 0 amide bonds. The molecular formula is C19H12Cl2N4. The van der Waals surface area contributed by atoms with Crippen molar-refractivity contribution in [2.75, 3.05) is 5.32 Å². The fraction of sp³-hybridized carbons (Fsp3) is 0. The molecule has 4 nitrogen and oxygen atoms in total. The second kappa shape index (κ2) is 6.67. The van der Waals surface area contributed by atoms with Gasteiger partial charge in [0.1, 0.15) is 5.82 Å². The van der Waals surface area contributed by atoms with E-state index in [-0.39, 0.29) is 0 Å². The molecule has 0 unspecified atom stereocenters. The second-order valence-corrected chi connectivity index (χ2v) is 6.25. The van der Waals surface area contributed by atoms with E-state index in [9.17, 15) is 0 Å². The van der Waals surface area contributed by atoms with Crippen LogP contribution in [0.25, 0.3) is 22.3 Å². The van der Waals surface area contributed by atoms with Gasteiger partial charge >= 0.3 is 0 Å². The predicted octanol–water partition coefficient (Wildman–Crippen LogP) is 5.74. The van der Waals surface area contributed by atoms with Crippen molar-refractivity contribution < 1.29 is 0 Å². The number of pyridine rings is 1. The lowest BCUT2D eigenvalue weighted by Crippen LogP contribution is -2.00. The van der Waals surface area contributed by atoms with Crippen molar-refractivity contribution in [2.24, 2.45) is 0 Å². The number of hydrogen-bond acceptors (Lipinski definition) is 4. The van der Waals surface area contributed by atoms with Crippen LogP contribution < -0.4 is 5.32 Å². The van der Waals surface area contributed by atoms with Gasteiger partial charge in [-0.1, -0.05) is 35.3 Å². The summed E-state index contributed by atoms with van der Waals surface area (Å²) in [6.45, 7) is 0. The molecule has 0 fully saturated rings. The summed E-state index contributed by atoms with van der Waals surface area (Å²) in [5.41, 5.74) is 2.36. The Morgan fingerprint density at radius 2 is 1.76 bits per heavy atom. The summed E-state index contributed by atoms with van der Waals surface area (Å²) in [5, 5.41) is 5.33. The lowest BCUT2D eigenvalue weighted by atomic mass is 10.2. The Labute approximate surface area is 154 Å². The number of hydrogen-bond donors (Lipinski definition) is 1. The molecule has 0 saturated carbocycles. The third-order valence-electron chi connectivity index (χ3n) is 3.70. The first-order chi connectivity index (χ1) is 12.2. The zero-order valence-corrected chi connectivity index (χ0v) is 14.5. The normalized spacial score (nSPS) is 10.8. The highest BCUT2D eigenvalue weighted by atomic mass is 35.5. The number of rotatable bonds is 3. The summed E-state index contributed by atoms with van der Waals surface area (Å²) < 4.78 is 0. The molecule has 0 bridgehead atoms. The van der Waals surface area contributed by atoms with Crippen molar-refractivity contribution in [1.29, 1.82) is 0 Å². The van der Waals surface area contributed by atoms with Gasteiger partial charge in [-0.15, -0.1) is 0 Å². The van der Waals surface area contributed by atoms with Gasteiger partial charge in [-0.3, -0.25) is 4.98 Å². The maximum Gasteiger partial charge on any atom is 0.163 e. The smallest absolute Gasteiger partial charge is 0.163 e. The minimum Gasteiger partial charge on any atom is -0.338 e. The standard InChI is InChI=1S/C19H12Cl2N4/c20-13-7-8-15(21)17(10-13)24-19-14-5-1-2-6-16(14)23-18(25-19)12-4-3-9-22-11-12/h1-11H,(H,23,24,25). The van der Waals surface area contributed by atoms with Crippen molar-refractivity contribution in [3.63, 3.8) is 0 Å². The molecule has 0 aliphatic carbocycles. The fourth-order valence-electron chi connectivity index (χ4n) is 2.52. The number of nitrogens with one attached hydrogen (secondary N) is 1. The molecule has 122 valence electrons. The summed E-state index contributed by atoms with van der Waals surface area (Å²) >= 11 is 12.4. The number of para-hydroxylation sites is 1. The van der Waals surface area contributed by atoms with E-state index in [1.54, 1.807) is 30.6 Å². The van der Waals surface area contributed by atoms with Crippen LogP contribution in [0.1, 0.15) is 0 Å². The van der Waals surface area contributed by atoms with Crippen molar-refractivity contribution in [1.82, 2.24) is 15.0 Å². The van der Waals surface area contributed by atoms with E-state index in [0.717, 1.165) is 16.5 Å². The van der Waals surface area contributed by atoms with Gasteiger partial charge < -0.3 is 5.32 Å². The number of fused-ring (bicyclic) bond motifs is 1. The highest BCUT2D eigenvalue weighted by Crippen LogP contribution is 2.31. The van der Waals surface area contributed by atoms with E-state index >= 15 is 0 Å². The zero-order chi connectivity index (χ0) is 17.2. The highest BCUT2D eigenvalue weighted by molar-refractivity contribution is 6.35. The number of halogens is 2. The van der Waals surface area contributed by atoms with Gasteiger partial charge in [-0.2, -0.15) is 0 Å². The Balaban J connectivity index is 1.88. The van der Waals surface area contributed by atoms with Crippen LogP contribution in [-0.2, 0) is 0 Å². The predicted molar refractivity (Wildman–Crippen MR) is 103 cm³/mol. The fourth-order valence-corrected chi connectivity index (χ4v) is 2.85. The SMILES string of the molecule is Clc1ccc(Cl)c(Nc2nc(-c3cccnc3)nc3ccccc23)c1. The number of nitrogens with zero attached hydrogens (tertiary/aromatic N) is 3. The molecule has 25 heavy (non-hydrogen) atoms. The topological polar surface area (TPSA) is 50.7 Å². The Bertz CT molecular complexity index is 1050. The second-order valence-electron chi connectivity index (χ2n) is 5.40. The van der Waals surface area contributed by atoms with Crippen molar-refractivity contribution in [3.05, 3.63) is 77.0 Å². The van der Waals surface area contributed by atoms with E-state index in [0.29, 0.717) is 27.4 Å². The average Bonchev–Trinajstić information content (AvgIpc) is 2.65. The maximum absolute atomic E-state index is 6.28. The summed E-state index contributed by atoms with van der Waals surface area (Å²) in [5.74, 6) is 1.25. The van der Waals surface area contributed by atoms with Gasteiger partial charge in [0.25, 0.3) is 0 Å². The van der Waals surface area contributed by atoms with E-state index in [1.807, 2.05) is 36.4 Å².